The number of amides is 1. The molecule has 3 heteroatoms. The lowest BCUT2D eigenvalue weighted by atomic mass is 9.61. The molecule has 3 unspecified atom stereocenters. The van der Waals surface area contributed by atoms with Crippen LogP contribution in [0.1, 0.15) is 47.5 Å². The van der Waals surface area contributed by atoms with Gasteiger partial charge in [-0.3, -0.25) is 4.79 Å². The summed E-state index contributed by atoms with van der Waals surface area (Å²) in [7, 11) is 0. The highest BCUT2D eigenvalue weighted by atomic mass is 16.2. The van der Waals surface area contributed by atoms with Crippen LogP contribution in [0.3, 0.4) is 0 Å². The summed E-state index contributed by atoms with van der Waals surface area (Å²) in [6.07, 6.45) is 7.16. The molecular formula is C15H26N2O. The van der Waals surface area contributed by atoms with Gasteiger partial charge in [0.1, 0.15) is 0 Å². The van der Waals surface area contributed by atoms with Gasteiger partial charge in [-0.25, -0.2) is 0 Å². The summed E-state index contributed by atoms with van der Waals surface area (Å²) in [5, 5.41) is 2.95. The summed E-state index contributed by atoms with van der Waals surface area (Å²) in [6, 6.07) is 0.185. The van der Waals surface area contributed by atoms with Crippen molar-refractivity contribution in [3.8, 4) is 12.3 Å². The van der Waals surface area contributed by atoms with Gasteiger partial charge in [-0.15, -0.1) is 6.42 Å². The molecule has 0 saturated heterocycles. The molecule has 0 bridgehead atoms. The first kappa shape index (κ1) is 15.0. The van der Waals surface area contributed by atoms with Crippen LogP contribution < -0.4 is 11.1 Å². The highest BCUT2D eigenvalue weighted by Gasteiger charge is 2.45. The van der Waals surface area contributed by atoms with Crippen molar-refractivity contribution in [2.45, 2.75) is 59.0 Å². The summed E-state index contributed by atoms with van der Waals surface area (Å²) in [6.45, 7) is 10.1. The molecule has 0 spiro atoms. The van der Waals surface area contributed by atoms with Crippen LogP contribution in [-0.4, -0.2) is 17.5 Å². The Morgan fingerprint density at radius 1 is 1.44 bits per heavy atom. The molecule has 0 radical (unpaired) electrons. The molecule has 1 saturated carbocycles. The Hall–Kier alpha value is -1.01. The molecule has 1 aliphatic rings. The van der Waals surface area contributed by atoms with E-state index in [0.717, 1.165) is 12.8 Å². The summed E-state index contributed by atoms with van der Waals surface area (Å²) in [5.74, 6) is 2.97. The molecule has 1 fully saturated rings. The maximum Gasteiger partial charge on any atom is 0.224 e. The summed E-state index contributed by atoms with van der Waals surface area (Å²) >= 11 is 0. The molecule has 3 atom stereocenters. The molecule has 3 nitrogen and oxygen atoms in total. The minimum Gasteiger partial charge on any atom is -0.340 e. The quantitative estimate of drug-likeness (QED) is 0.736. The van der Waals surface area contributed by atoms with Crippen LogP contribution >= 0.6 is 0 Å². The Morgan fingerprint density at radius 2 is 2.00 bits per heavy atom. The first-order valence-corrected chi connectivity index (χ1v) is 6.67. The van der Waals surface area contributed by atoms with E-state index >= 15 is 0 Å². The Balaban J connectivity index is 2.84. The van der Waals surface area contributed by atoms with Crippen LogP contribution in [0.2, 0.25) is 0 Å². The van der Waals surface area contributed by atoms with Gasteiger partial charge in [-0.05, 0) is 38.0 Å². The van der Waals surface area contributed by atoms with Crippen LogP contribution in [0.4, 0.5) is 0 Å². The second-order valence-electron chi connectivity index (χ2n) is 6.66. The minimum absolute atomic E-state index is 0.0140. The monoisotopic (exact) mass is 250 g/mol. The van der Waals surface area contributed by atoms with Gasteiger partial charge in [0.05, 0.1) is 5.54 Å². The van der Waals surface area contributed by atoms with Crippen LogP contribution in [-0.2, 0) is 4.79 Å². The lowest BCUT2D eigenvalue weighted by molar-refractivity contribution is -0.133. The number of nitrogens with one attached hydrogen (secondary N) is 1. The summed E-state index contributed by atoms with van der Waals surface area (Å²) in [4.78, 5) is 12.4. The van der Waals surface area contributed by atoms with E-state index in [9.17, 15) is 4.79 Å². The van der Waals surface area contributed by atoms with Crippen LogP contribution in [0.25, 0.3) is 0 Å². The van der Waals surface area contributed by atoms with E-state index in [-0.39, 0.29) is 23.3 Å². The van der Waals surface area contributed by atoms with E-state index in [4.69, 9.17) is 12.2 Å². The maximum atomic E-state index is 12.4. The van der Waals surface area contributed by atoms with Gasteiger partial charge in [0.25, 0.3) is 0 Å². The smallest absolute Gasteiger partial charge is 0.224 e. The first-order valence-electron chi connectivity index (χ1n) is 6.67. The normalized spacial score (nSPS) is 31.5. The highest BCUT2D eigenvalue weighted by molar-refractivity contribution is 5.80. The molecule has 18 heavy (non-hydrogen) atoms. The van der Waals surface area contributed by atoms with Gasteiger partial charge in [0, 0.05) is 12.0 Å². The van der Waals surface area contributed by atoms with Gasteiger partial charge in [-0.1, -0.05) is 26.7 Å². The van der Waals surface area contributed by atoms with Crippen molar-refractivity contribution in [3.63, 3.8) is 0 Å². The molecule has 0 aromatic rings. The van der Waals surface area contributed by atoms with E-state index < -0.39 is 5.54 Å². The standard InChI is InChI=1S/C15H26N2O/c1-7-14(3,4)17-13(18)11-8-9-12(16)10(2)15(11,5)6/h1,10-12H,8-9,16H2,2-6H3,(H,17,18). The maximum absolute atomic E-state index is 12.4. The van der Waals surface area contributed by atoms with E-state index in [0.29, 0.717) is 5.92 Å². The molecule has 0 aromatic heterocycles. The Kier molecular flexibility index (Phi) is 4.12. The van der Waals surface area contributed by atoms with E-state index in [1.165, 1.54) is 0 Å². The molecule has 0 heterocycles. The molecule has 1 rings (SSSR count). The van der Waals surface area contributed by atoms with E-state index in [2.05, 4.69) is 32.0 Å². The van der Waals surface area contributed by atoms with Crippen molar-refractivity contribution < 1.29 is 4.79 Å². The first-order chi connectivity index (χ1) is 8.12. The average molecular weight is 250 g/mol. The topological polar surface area (TPSA) is 55.1 Å². The zero-order valence-electron chi connectivity index (χ0n) is 12.2. The fourth-order valence-electron chi connectivity index (χ4n) is 2.75. The SMILES string of the molecule is C#CC(C)(C)NC(=O)C1CCC(N)C(C)C1(C)C. The van der Waals surface area contributed by atoms with Crippen molar-refractivity contribution in [3.05, 3.63) is 0 Å². The number of rotatable bonds is 2. The van der Waals surface area contributed by atoms with Crippen molar-refractivity contribution in [1.82, 2.24) is 5.32 Å². The number of terminal acetylenes is 1. The second kappa shape index (κ2) is 4.93. The molecule has 0 aliphatic heterocycles. The number of nitrogens with two attached hydrogens (primary N) is 1. The van der Waals surface area contributed by atoms with E-state index in [1.54, 1.807) is 0 Å². The van der Waals surface area contributed by atoms with Gasteiger partial charge in [0.2, 0.25) is 5.91 Å². The lowest BCUT2D eigenvalue weighted by Gasteiger charge is -2.46. The van der Waals surface area contributed by atoms with Crippen molar-refractivity contribution in [2.24, 2.45) is 23.0 Å². The number of carbonyl (C=O) groups excluding carboxylic acids is 1. The van der Waals surface area contributed by atoms with Gasteiger partial charge in [0.15, 0.2) is 0 Å². The minimum atomic E-state index is -0.587. The molecule has 1 aliphatic carbocycles. The third-order valence-corrected chi connectivity index (χ3v) is 4.62. The highest BCUT2D eigenvalue weighted by Crippen LogP contribution is 2.44. The predicted octanol–water partition coefficient (Wildman–Crippen LogP) is 1.91. The third kappa shape index (κ3) is 2.87. The average Bonchev–Trinajstić information content (AvgIpc) is 2.25. The summed E-state index contributed by atoms with van der Waals surface area (Å²) < 4.78 is 0. The second-order valence-corrected chi connectivity index (χ2v) is 6.66. The predicted molar refractivity (Wildman–Crippen MR) is 74.7 cm³/mol. The van der Waals surface area contributed by atoms with Crippen molar-refractivity contribution in [2.75, 3.05) is 0 Å². The van der Waals surface area contributed by atoms with Crippen LogP contribution in [0.5, 0.6) is 0 Å². The molecule has 102 valence electrons. The molecule has 1 amide bonds. The van der Waals surface area contributed by atoms with Crippen molar-refractivity contribution in [1.29, 1.82) is 0 Å². The number of hydrogen-bond acceptors (Lipinski definition) is 2. The number of carbonyl (C=O) groups is 1. The van der Waals surface area contributed by atoms with Gasteiger partial charge >= 0.3 is 0 Å². The van der Waals surface area contributed by atoms with E-state index in [1.807, 2.05) is 13.8 Å². The van der Waals surface area contributed by atoms with Crippen molar-refractivity contribution >= 4 is 5.91 Å². The Labute approximate surface area is 111 Å². The fraction of sp³-hybridized carbons (Fsp3) is 0.800. The van der Waals surface area contributed by atoms with Gasteiger partial charge < -0.3 is 11.1 Å². The Morgan fingerprint density at radius 3 is 2.50 bits per heavy atom. The molecule has 3 N–H and O–H groups in total. The third-order valence-electron chi connectivity index (χ3n) is 4.62. The molecular weight excluding hydrogens is 224 g/mol. The largest absolute Gasteiger partial charge is 0.340 e. The number of hydrogen-bond donors (Lipinski definition) is 2. The fourth-order valence-corrected chi connectivity index (χ4v) is 2.75. The zero-order valence-corrected chi connectivity index (χ0v) is 12.2. The van der Waals surface area contributed by atoms with Crippen LogP contribution in [0.15, 0.2) is 0 Å². The zero-order chi connectivity index (χ0) is 14.1. The lowest BCUT2D eigenvalue weighted by Crippen LogP contribution is -2.54. The summed E-state index contributed by atoms with van der Waals surface area (Å²) in [5.41, 5.74) is 5.43. The molecule has 0 aromatic carbocycles. The van der Waals surface area contributed by atoms with Gasteiger partial charge in [-0.2, -0.15) is 0 Å². The Bertz CT molecular complexity index is 365. The van der Waals surface area contributed by atoms with Crippen LogP contribution in [0, 0.1) is 29.6 Å².